The molecule has 0 aliphatic heterocycles. The molecule has 0 saturated heterocycles. The van der Waals surface area contributed by atoms with Gasteiger partial charge in [0.05, 0.1) is 0 Å². The van der Waals surface area contributed by atoms with Crippen LogP contribution < -0.4 is 11.1 Å². The standard InChI is InChI=1S/C13H15N5S/c1-9-15-11(17-10-6-4-3-5-7-10)8-12(16-9)18-13(14)19-2/h3-8H,1-2H3,(H3,14,15,16,17,18). The van der Waals surface area contributed by atoms with Crippen molar-refractivity contribution in [3.05, 3.63) is 42.2 Å². The number of aromatic nitrogens is 2. The van der Waals surface area contributed by atoms with Gasteiger partial charge in [0.15, 0.2) is 11.0 Å². The van der Waals surface area contributed by atoms with Gasteiger partial charge in [-0.25, -0.2) is 15.0 Å². The predicted octanol–water partition coefficient (Wildman–Crippen LogP) is 2.84. The van der Waals surface area contributed by atoms with Crippen molar-refractivity contribution in [3.8, 4) is 0 Å². The molecular weight excluding hydrogens is 258 g/mol. The van der Waals surface area contributed by atoms with Crippen LogP contribution in [-0.4, -0.2) is 21.4 Å². The van der Waals surface area contributed by atoms with Crippen LogP contribution in [0.3, 0.4) is 0 Å². The van der Waals surface area contributed by atoms with Gasteiger partial charge in [-0.05, 0) is 25.3 Å². The van der Waals surface area contributed by atoms with Crippen molar-refractivity contribution in [3.63, 3.8) is 0 Å². The molecule has 0 radical (unpaired) electrons. The van der Waals surface area contributed by atoms with Crippen LogP contribution in [0.4, 0.5) is 17.3 Å². The Kier molecular flexibility index (Phi) is 4.35. The van der Waals surface area contributed by atoms with E-state index in [1.807, 2.05) is 43.5 Å². The quantitative estimate of drug-likeness (QED) is 0.664. The van der Waals surface area contributed by atoms with Crippen LogP contribution in [0.1, 0.15) is 5.82 Å². The number of anilines is 2. The van der Waals surface area contributed by atoms with Crippen LogP contribution in [0, 0.1) is 6.92 Å². The highest BCUT2D eigenvalue weighted by Crippen LogP contribution is 2.19. The van der Waals surface area contributed by atoms with Gasteiger partial charge in [-0.1, -0.05) is 30.0 Å². The van der Waals surface area contributed by atoms with E-state index >= 15 is 0 Å². The maximum absolute atomic E-state index is 5.69. The van der Waals surface area contributed by atoms with Crippen LogP contribution in [-0.2, 0) is 0 Å². The molecule has 19 heavy (non-hydrogen) atoms. The highest BCUT2D eigenvalue weighted by Gasteiger charge is 2.02. The maximum Gasteiger partial charge on any atom is 0.160 e. The van der Waals surface area contributed by atoms with Crippen molar-refractivity contribution in [1.82, 2.24) is 9.97 Å². The van der Waals surface area contributed by atoms with E-state index in [4.69, 9.17) is 5.73 Å². The fraction of sp³-hybridized carbons (Fsp3) is 0.154. The highest BCUT2D eigenvalue weighted by atomic mass is 32.2. The Hall–Kier alpha value is -2.08. The van der Waals surface area contributed by atoms with Gasteiger partial charge in [-0.15, -0.1) is 0 Å². The van der Waals surface area contributed by atoms with Gasteiger partial charge in [-0.2, -0.15) is 0 Å². The number of aryl methyl sites for hydroxylation is 1. The molecule has 5 nitrogen and oxygen atoms in total. The summed E-state index contributed by atoms with van der Waals surface area (Å²) in [4.78, 5) is 12.8. The third kappa shape index (κ3) is 3.96. The smallest absolute Gasteiger partial charge is 0.160 e. The van der Waals surface area contributed by atoms with E-state index in [2.05, 4.69) is 20.3 Å². The van der Waals surface area contributed by atoms with Crippen molar-refractivity contribution in [2.24, 2.45) is 10.7 Å². The van der Waals surface area contributed by atoms with E-state index in [9.17, 15) is 0 Å². The second kappa shape index (κ2) is 6.19. The maximum atomic E-state index is 5.69. The van der Waals surface area contributed by atoms with Gasteiger partial charge >= 0.3 is 0 Å². The van der Waals surface area contributed by atoms with Crippen molar-refractivity contribution in [2.45, 2.75) is 6.92 Å². The van der Waals surface area contributed by atoms with Crippen molar-refractivity contribution >= 4 is 34.3 Å². The van der Waals surface area contributed by atoms with Crippen LogP contribution >= 0.6 is 11.8 Å². The molecular formula is C13H15N5S. The molecule has 0 unspecified atom stereocenters. The lowest BCUT2D eigenvalue weighted by Gasteiger charge is -2.06. The SMILES string of the molecule is CSC(N)=Nc1cc(Nc2ccccc2)nc(C)n1. The summed E-state index contributed by atoms with van der Waals surface area (Å²) in [6.07, 6.45) is 1.87. The van der Waals surface area contributed by atoms with E-state index < -0.39 is 0 Å². The van der Waals surface area contributed by atoms with E-state index in [1.54, 1.807) is 6.07 Å². The van der Waals surface area contributed by atoms with E-state index in [-0.39, 0.29) is 0 Å². The molecule has 0 saturated carbocycles. The zero-order valence-corrected chi connectivity index (χ0v) is 11.6. The predicted molar refractivity (Wildman–Crippen MR) is 81.3 cm³/mol. The molecule has 0 aliphatic rings. The Balaban J connectivity index is 2.27. The first-order valence-corrected chi connectivity index (χ1v) is 6.96. The molecule has 0 bridgehead atoms. The summed E-state index contributed by atoms with van der Waals surface area (Å²) in [7, 11) is 0. The Labute approximate surface area is 116 Å². The number of rotatable bonds is 3. The molecule has 0 aliphatic carbocycles. The number of nitrogens with one attached hydrogen (secondary N) is 1. The zero-order valence-electron chi connectivity index (χ0n) is 10.8. The summed E-state index contributed by atoms with van der Waals surface area (Å²) >= 11 is 1.38. The van der Waals surface area contributed by atoms with E-state index in [0.717, 1.165) is 5.69 Å². The Bertz CT molecular complexity index is 583. The molecule has 0 atom stereocenters. The Morgan fingerprint density at radius 3 is 2.68 bits per heavy atom. The normalized spacial score (nSPS) is 11.4. The van der Waals surface area contributed by atoms with Crippen molar-refractivity contribution in [1.29, 1.82) is 0 Å². The van der Waals surface area contributed by atoms with Crippen molar-refractivity contribution < 1.29 is 0 Å². The van der Waals surface area contributed by atoms with E-state index in [0.29, 0.717) is 22.6 Å². The number of amidine groups is 1. The second-order valence-electron chi connectivity index (χ2n) is 3.80. The fourth-order valence-corrected chi connectivity index (χ4v) is 1.69. The Morgan fingerprint density at radius 2 is 2.00 bits per heavy atom. The van der Waals surface area contributed by atoms with Gasteiger partial charge in [-0.3, -0.25) is 0 Å². The van der Waals surface area contributed by atoms with Crippen LogP contribution in [0.5, 0.6) is 0 Å². The molecule has 1 aromatic heterocycles. The molecule has 2 rings (SSSR count). The highest BCUT2D eigenvalue weighted by molar-refractivity contribution is 8.13. The molecule has 1 aromatic carbocycles. The number of hydrogen-bond acceptors (Lipinski definition) is 5. The number of nitrogens with zero attached hydrogens (tertiary/aromatic N) is 3. The molecule has 1 heterocycles. The number of para-hydroxylation sites is 1. The van der Waals surface area contributed by atoms with Crippen molar-refractivity contribution in [2.75, 3.05) is 11.6 Å². The first kappa shape index (κ1) is 13.4. The third-order valence-electron chi connectivity index (χ3n) is 2.30. The lowest BCUT2D eigenvalue weighted by atomic mass is 10.3. The average Bonchev–Trinajstić information content (AvgIpc) is 2.39. The lowest BCUT2D eigenvalue weighted by Crippen LogP contribution is -2.05. The summed E-state index contributed by atoms with van der Waals surface area (Å²) in [5, 5.41) is 3.68. The molecule has 98 valence electrons. The average molecular weight is 273 g/mol. The minimum atomic E-state index is 0.476. The summed E-state index contributed by atoms with van der Waals surface area (Å²) in [6, 6.07) is 11.6. The molecule has 0 amide bonds. The summed E-state index contributed by atoms with van der Waals surface area (Å²) < 4.78 is 0. The monoisotopic (exact) mass is 273 g/mol. The summed E-state index contributed by atoms with van der Waals surface area (Å²) in [5.41, 5.74) is 6.66. The molecule has 2 aromatic rings. The van der Waals surface area contributed by atoms with Gasteiger partial charge < -0.3 is 11.1 Å². The number of nitrogens with two attached hydrogens (primary N) is 1. The van der Waals surface area contributed by atoms with Crippen LogP contribution in [0.2, 0.25) is 0 Å². The third-order valence-corrected chi connectivity index (χ3v) is 2.81. The minimum absolute atomic E-state index is 0.476. The Morgan fingerprint density at radius 1 is 1.26 bits per heavy atom. The topological polar surface area (TPSA) is 76.2 Å². The van der Waals surface area contributed by atoms with E-state index in [1.165, 1.54) is 11.8 Å². The lowest BCUT2D eigenvalue weighted by molar-refractivity contribution is 1.05. The van der Waals surface area contributed by atoms with Crippen LogP contribution in [0.15, 0.2) is 41.4 Å². The second-order valence-corrected chi connectivity index (χ2v) is 4.63. The fourth-order valence-electron chi connectivity index (χ4n) is 1.50. The summed E-state index contributed by atoms with van der Waals surface area (Å²) in [5.74, 6) is 1.90. The van der Waals surface area contributed by atoms with Gasteiger partial charge in [0, 0.05) is 11.8 Å². The molecule has 6 heteroatoms. The largest absolute Gasteiger partial charge is 0.378 e. The number of hydrogen-bond donors (Lipinski definition) is 2. The molecule has 3 N–H and O–H groups in total. The first-order valence-electron chi connectivity index (χ1n) is 5.73. The summed E-state index contributed by atoms with van der Waals surface area (Å²) in [6.45, 7) is 1.82. The van der Waals surface area contributed by atoms with Gasteiger partial charge in [0.25, 0.3) is 0 Å². The molecule has 0 fully saturated rings. The zero-order chi connectivity index (χ0) is 13.7. The first-order chi connectivity index (χ1) is 9.17. The van der Waals surface area contributed by atoms with Crippen LogP contribution in [0.25, 0.3) is 0 Å². The number of benzene rings is 1. The minimum Gasteiger partial charge on any atom is -0.378 e. The van der Waals surface area contributed by atoms with Gasteiger partial charge in [0.2, 0.25) is 0 Å². The van der Waals surface area contributed by atoms with Gasteiger partial charge in [0.1, 0.15) is 11.6 Å². The number of aliphatic imine (C=N–C) groups is 1. The number of thioether (sulfide) groups is 1. The molecule has 0 spiro atoms.